The number of aromatic nitrogens is 4. The van der Waals surface area contributed by atoms with Gasteiger partial charge in [-0.05, 0) is 25.8 Å². The smallest absolute Gasteiger partial charge is 0.246 e. The number of aryl methyl sites for hydroxylation is 2. The van der Waals surface area contributed by atoms with Gasteiger partial charge < -0.3 is 4.90 Å². The molecule has 10 heteroatoms. The molecule has 1 unspecified atom stereocenters. The molecule has 0 spiro atoms. The van der Waals surface area contributed by atoms with Gasteiger partial charge in [0.15, 0.2) is 0 Å². The summed E-state index contributed by atoms with van der Waals surface area (Å²) in [5.41, 5.74) is 1.52. The second-order valence-corrected chi connectivity index (χ2v) is 8.97. The van der Waals surface area contributed by atoms with Crippen molar-refractivity contribution in [3.63, 3.8) is 0 Å². The van der Waals surface area contributed by atoms with Gasteiger partial charge in [0, 0.05) is 40.4 Å². The standard InChI is InChI=1S/C17H26N6O3S/c1-13-16(10-19-21(13)3)27(25,26)23-9-5-6-14(11-23)17(24)20(2)12-15-7-8-18-22(15)4/h7-8,10,14H,5-6,9,11-12H2,1-4H3. The second-order valence-electron chi connectivity index (χ2n) is 7.06. The molecular weight excluding hydrogens is 368 g/mol. The van der Waals surface area contributed by atoms with Gasteiger partial charge in [-0.15, -0.1) is 0 Å². The number of nitrogens with zero attached hydrogens (tertiary/aromatic N) is 6. The largest absolute Gasteiger partial charge is 0.340 e. The fraction of sp³-hybridized carbons (Fsp3) is 0.588. The van der Waals surface area contributed by atoms with E-state index in [2.05, 4.69) is 10.2 Å². The highest BCUT2D eigenvalue weighted by atomic mass is 32.2. The molecule has 148 valence electrons. The first-order valence-electron chi connectivity index (χ1n) is 8.92. The summed E-state index contributed by atoms with van der Waals surface area (Å²) in [5.74, 6) is -0.386. The van der Waals surface area contributed by atoms with Crippen LogP contribution >= 0.6 is 0 Å². The Kier molecular flexibility index (Phi) is 5.38. The third-order valence-electron chi connectivity index (χ3n) is 5.24. The average molecular weight is 395 g/mol. The van der Waals surface area contributed by atoms with Crippen LogP contribution in [-0.2, 0) is 35.5 Å². The average Bonchev–Trinajstić information content (AvgIpc) is 3.20. The molecule has 1 atom stereocenters. The highest BCUT2D eigenvalue weighted by molar-refractivity contribution is 7.89. The summed E-state index contributed by atoms with van der Waals surface area (Å²) in [6.07, 6.45) is 4.42. The number of rotatable bonds is 5. The Bertz CT molecular complexity index is 932. The lowest BCUT2D eigenvalue weighted by molar-refractivity contribution is -0.136. The summed E-state index contributed by atoms with van der Waals surface area (Å²) in [6, 6.07) is 1.87. The van der Waals surface area contributed by atoms with E-state index in [9.17, 15) is 13.2 Å². The van der Waals surface area contributed by atoms with E-state index in [1.165, 1.54) is 10.5 Å². The lowest BCUT2D eigenvalue weighted by atomic mass is 9.98. The maximum Gasteiger partial charge on any atom is 0.246 e. The molecule has 1 aliphatic rings. The van der Waals surface area contributed by atoms with E-state index in [1.54, 1.807) is 41.5 Å². The van der Waals surface area contributed by atoms with Crippen LogP contribution in [0.3, 0.4) is 0 Å². The summed E-state index contributed by atoms with van der Waals surface area (Å²) in [5, 5.41) is 8.15. The van der Waals surface area contributed by atoms with Crippen LogP contribution in [0.15, 0.2) is 23.4 Å². The summed E-state index contributed by atoms with van der Waals surface area (Å²) in [6.45, 7) is 2.80. The molecule has 1 saturated heterocycles. The van der Waals surface area contributed by atoms with Crippen molar-refractivity contribution in [1.29, 1.82) is 0 Å². The number of piperidine rings is 1. The Labute approximate surface area is 159 Å². The highest BCUT2D eigenvalue weighted by Gasteiger charge is 2.35. The molecule has 3 heterocycles. The summed E-state index contributed by atoms with van der Waals surface area (Å²) in [4.78, 5) is 14.7. The lowest BCUT2D eigenvalue weighted by Gasteiger charge is -2.33. The van der Waals surface area contributed by atoms with Gasteiger partial charge in [-0.1, -0.05) is 0 Å². The highest BCUT2D eigenvalue weighted by Crippen LogP contribution is 2.26. The molecule has 2 aromatic heterocycles. The molecule has 1 aliphatic heterocycles. The van der Waals surface area contributed by atoms with Gasteiger partial charge >= 0.3 is 0 Å². The van der Waals surface area contributed by atoms with Gasteiger partial charge in [-0.2, -0.15) is 14.5 Å². The van der Waals surface area contributed by atoms with Gasteiger partial charge in [0.2, 0.25) is 15.9 Å². The predicted molar refractivity (Wildman–Crippen MR) is 99.1 cm³/mol. The van der Waals surface area contributed by atoms with E-state index >= 15 is 0 Å². The van der Waals surface area contributed by atoms with Gasteiger partial charge in [0.05, 0.1) is 30.0 Å². The lowest BCUT2D eigenvalue weighted by Crippen LogP contribution is -2.45. The molecule has 9 nitrogen and oxygen atoms in total. The molecule has 2 aromatic rings. The normalized spacial score (nSPS) is 18.6. The monoisotopic (exact) mass is 394 g/mol. The van der Waals surface area contributed by atoms with Crippen molar-refractivity contribution >= 4 is 15.9 Å². The van der Waals surface area contributed by atoms with Gasteiger partial charge in [-0.25, -0.2) is 8.42 Å². The van der Waals surface area contributed by atoms with E-state index in [0.29, 0.717) is 31.6 Å². The molecule has 1 fully saturated rings. The fourth-order valence-corrected chi connectivity index (χ4v) is 5.13. The first-order chi connectivity index (χ1) is 12.7. The number of sulfonamides is 1. The molecule has 1 amide bonds. The van der Waals surface area contributed by atoms with Crippen LogP contribution in [-0.4, -0.2) is 63.2 Å². The Morgan fingerprint density at radius 3 is 2.63 bits per heavy atom. The molecule has 3 rings (SSSR count). The maximum absolute atomic E-state index is 13.0. The molecule has 0 radical (unpaired) electrons. The summed E-state index contributed by atoms with van der Waals surface area (Å²) < 4.78 is 30.7. The molecule has 0 aliphatic carbocycles. The number of amides is 1. The summed E-state index contributed by atoms with van der Waals surface area (Å²) in [7, 11) is 1.63. The third kappa shape index (κ3) is 3.77. The van der Waals surface area contributed by atoms with Crippen molar-refractivity contribution in [3.05, 3.63) is 29.8 Å². The van der Waals surface area contributed by atoms with E-state index in [-0.39, 0.29) is 23.3 Å². The Morgan fingerprint density at radius 2 is 2.04 bits per heavy atom. The summed E-state index contributed by atoms with van der Waals surface area (Å²) >= 11 is 0. The van der Waals surface area contributed by atoms with E-state index in [1.807, 2.05) is 13.1 Å². The van der Waals surface area contributed by atoms with Crippen LogP contribution < -0.4 is 0 Å². The van der Waals surface area contributed by atoms with Gasteiger partial charge in [0.1, 0.15) is 4.90 Å². The number of carbonyl (C=O) groups excluding carboxylic acids is 1. The van der Waals surface area contributed by atoms with Gasteiger partial charge in [-0.3, -0.25) is 14.2 Å². The number of hydrogen-bond acceptors (Lipinski definition) is 5. The van der Waals surface area contributed by atoms with Crippen LogP contribution in [0.1, 0.15) is 24.2 Å². The molecule has 0 aromatic carbocycles. The van der Waals surface area contributed by atoms with Crippen LogP contribution in [0.25, 0.3) is 0 Å². The van der Waals surface area contributed by atoms with Crippen molar-refractivity contribution < 1.29 is 13.2 Å². The van der Waals surface area contributed by atoms with Crippen LogP contribution in [0, 0.1) is 12.8 Å². The molecular formula is C17H26N6O3S. The Morgan fingerprint density at radius 1 is 1.30 bits per heavy atom. The quantitative estimate of drug-likeness (QED) is 0.737. The first-order valence-corrected chi connectivity index (χ1v) is 10.4. The first kappa shape index (κ1) is 19.6. The predicted octanol–water partition coefficient (Wildman–Crippen LogP) is 0.521. The van der Waals surface area contributed by atoms with Crippen LogP contribution in [0.5, 0.6) is 0 Å². The van der Waals surface area contributed by atoms with Crippen LogP contribution in [0.4, 0.5) is 0 Å². The Hall–Kier alpha value is -2.20. The maximum atomic E-state index is 13.0. The molecule has 0 saturated carbocycles. The molecule has 27 heavy (non-hydrogen) atoms. The van der Waals surface area contributed by atoms with E-state index in [0.717, 1.165) is 5.69 Å². The van der Waals surface area contributed by atoms with E-state index in [4.69, 9.17) is 0 Å². The zero-order valence-corrected chi connectivity index (χ0v) is 17.0. The number of hydrogen-bond donors (Lipinski definition) is 0. The van der Waals surface area contributed by atoms with Gasteiger partial charge in [0.25, 0.3) is 0 Å². The minimum Gasteiger partial charge on any atom is -0.340 e. The second kappa shape index (κ2) is 7.43. The fourth-order valence-electron chi connectivity index (χ4n) is 3.42. The third-order valence-corrected chi connectivity index (χ3v) is 7.21. The van der Waals surface area contributed by atoms with Crippen molar-refractivity contribution in [2.45, 2.75) is 31.2 Å². The van der Waals surface area contributed by atoms with Crippen molar-refractivity contribution in [2.24, 2.45) is 20.0 Å². The minimum atomic E-state index is -3.66. The van der Waals surface area contributed by atoms with Crippen LogP contribution in [0.2, 0.25) is 0 Å². The zero-order chi connectivity index (χ0) is 19.8. The zero-order valence-electron chi connectivity index (χ0n) is 16.2. The topological polar surface area (TPSA) is 93.3 Å². The molecule has 0 bridgehead atoms. The van der Waals surface area contributed by atoms with Crippen molar-refractivity contribution in [1.82, 2.24) is 28.8 Å². The minimum absolute atomic E-state index is 0.0426. The van der Waals surface area contributed by atoms with E-state index < -0.39 is 10.0 Å². The Balaban J connectivity index is 1.72. The van der Waals surface area contributed by atoms with Crippen molar-refractivity contribution in [3.8, 4) is 0 Å². The SMILES string of the molecule is Cc1c(S(=O)(=O)N2CCCC(C(=O)N(C)Cc3ccnn3C)C2)cnn1C. The molecule has 0 N–H and O–H groups in total. The number of carbonyl (C=O) groups is 1. The van der Waals surface area contributed by atoms with Crippen molar-refractivity contribution in [2.75, 3.05) is 20.1 Å².